The van der Waals surface area contributed by atoms with Gasteiger partial charge in [-0.3, -0.25) is 15.4 Å². The van der Waals surface area contributed by atoms with Crippen molar-refractivity contribution in [3.63, 3.8) is 0 Å². The van der Waals surface area contributed by atoms with E-state index in [1.807, 2.05) is 0 Å². The standard InChI is InChI=1S/C22H38N4O9/c1-12(28)23-15(11-27)13-9-22(32,16(29)33-8)10-14(13)24-17(25-18(30)34-20(2,3)4)26-19(31)35-21(5,6)7/h13-15,27,32H,9-11H2,1-8H3,(H,23,28)(H2,24,25,26,30,31)/t13?,14?,15?,22-/m1/s1. The number of amides is 3. The van der Waals surface area contributed by atoms with Crippen LogP contribution in [0.15, 0.2) is 4.99 Å². The number of hydrogen-bond donors (Lipinski definition) is 5. The summed E-state index contributed by atoms with van der Waals surface area (Å²) < 4.78 is 15.1. The van der Waals surface area contributed by atoms with Gasteiger partial charge < -0.3 is 29.7 Å². The predicted molar refractivity (Wildman–Crippen MR) is 124 cm³/mol. The molecule has 0 aromatic rings. The molecule has 1 aliphatic carbocycles. The Kier molecular flexibility index (Phi) is 10.0. The highest BCUT2D eigenvalue weighted by Crippen LogP contribution is 2.39. The highest BCUT2D eigenvalue weighted by Gasteiger charge is 2.52. The Bertz CT molecular complexity index is 800. The largest absolute Gasteiger partial charge is 0.467 e. The molecule has 0 aromatic carbocycles. The highest BCUT2D eigenvalue weighted by atomic mass is 16.6. The molecule has 0 bridgehead atoms. The number of esters is 1. The van der Waals surface area contributed by atoms with Crippen molar-refractivity contribution in [1.82, 2.24) is 16.0 Å². The number of carbonyl (C=O) groups is 4. The number of aliphatic hydroxyl groups excluding tert-OH is 1. The van der Waals surface area contributed by atoms with Crippen LogP contribution in [0.3, 0.4) is 0 Å². The van der Waals surface area contributed by atoms with Gasteiger partial charge in [0.05, 0.1) is 25.8 Å². The van der Waals surface area contributed by atoms with Crippen LogP contribution < -0.4 is 16.0 Å². The van der Waals surface area contributed by atoms with Crippen LogP contribution in [0.2, 0.25) is 0 Å². The molecule has 200 valence electrons. The molecule has 0 spiro atoms. The zero-order chi connectivity index (χ0) is 27.2. The second kappa shape index (κ2) is 11.7. The van der Waals surface area contributed by atoms with Gasteiger partial charge in [-0.15, -0.1) is 0 Å². The van der Waals surface area contributed by atoms with Crippen molar-refractivity contribution in [3.8, 4) is 0 Å². The minimum Gasteiger partial charge on any atom is -0.467 e. The lowest BCUT2D eigenvalue weighted by Gasteiger charge is -2.27. The van der Waals surface area contributed by atoms with E-state index < -0.39 is 65.5 Å². The first-order valence-corrected chi connectivity index (χ1v) is 11.2. The molecule has 0 aromatic heterocycles. The molecule has 13 nitrogen and oxygen atoms in total. The van der Waals surface area contributed by atoms with E-state index in [0.29, 0.717) is 0 Å². The first-order valence-electron chi connectivity index (χ1n) is 11.2. The van der Waals surface area contributed by atoms with Crippen LogP contribution in [-0.4, -0.2) is 82.8 Å². The van der Waals surface area contributed by atoms with Crippen LogP contribution in [0.25, 0.3) is 0 Å². The van der Waals surface area contributed by atoms with Gasteiger partial charge in [0, 0.05) is 19.3 Å². The summed E-state index contributed by atoms with van der Waals surface area (Å²) in [5.74, 6) is -2.48. The predicted octanol–water partition coefficient (Wildman–Crippen LogP) is 0.572. The summed E-state index contributed by atoms with van der Waals surface area (Å²) in [6.45, 7) is 10.6. The van der Waals surface area contributed by atoms with Crippen LogP contribution in [0.1, 0.15) is 61.3 Å². The maximum Gasteiger partial charge on any atom is 0.414 e. The summed E-state index contributed by atoms with van der Waals surface area (Å²) in [4.78, 5) is 53.0. The summed E-state index contributed by atoms with van der Waals surface area (Å²) in [6, 6.07) is -1.83. The normalized spacial score (nSPS) is 22.9. The van der Waals surface area contributed by atoms with Gasteiger partial charge in [-0.2, -0.15) is 0 Å². The lowest BCUT2D eigenvalue weighted by atomic mass is 9.93. The van der Waals surface area contributed by atoms with Gasteiger partial charge in [-0.25, -0.2) is 19.4 Å². The number of rotatable bonds is 5. The zero-order valence-corrected chi connectivity index (χ0v) is 21.6. The Hall–Kier alpha value is -2.93. The second-order valence-corrected chi connectivity index (χ2v) is 10.4. The molecule has 0 heterocycles. The molecule has 4 atom stereocenters. The topological polar surface area (TPSA) is 185 Å². The Labute approximate surface area is 205 Å². The molecule has 1 rings (SSSR count). The quantitative estimate of drug-likeness (QED) is 0.155. The van der Waals surface area contributed by atoms with E-state index >= 15 is 0 Å². The minimum absolute atomic E-state index is 0.203. The van der Waals surface area contributed by atoms with Crippen molar-refractivity contribution in [2.75, 3.05) is 13.7 Å². The smallest absolute Gasteiger partial charge is 0.414 e. The van der Waals surface area contributed by atoms with Gasteiger partial charge in [0.25, 0.3) is 0 Å². The van der Waals surface area contributed by atoms with Crippen molar-refractivity contribution in [3.05, 3.63) is 0 Å². The Morgan fingerprint density at radius 1 is 1.00 bits per heavy atom. The van der Waals surface area contributed by atoms with Crippen LogP contribution in [0.4, 0.5) is 9.59 Å². The molecule has 3 unspecified atom stereocenters. The average Bonchev–Trinajstić information content (AvgIpc) is 2.99. The molecular formula is C22H38N4O9. The number of hydrogen-bond acceptors (Lipinski definition) is 10. The number of nitrogens with one attached hydrogen (secondary N) is 3. The fourth-order valence-corrected chi connectivity index (χ4v) is 3.63. The fraction of sp³-hybridized carbons (Fsp3) is 0.773. The SMILES string of the molecule is COC(=O)[C@]1(O)CC(N=C(NC(=O)OC(C)(C)C)NC(=O)OC(C)(C)C)C(C(CO)NC(C)=O)C1. The van der Waals surface area contributed by atoms with E-state index in [-0.39, 0.29) is 18.8 Å². The number of alkyl carbamates (subject to hydrolysis) is 2. The maximum absolute atomic E-state index is 12.4. The van der Waals surface area contributed by atoms with Crippen LogP contribution in [0.5, 0.6) is 0 Å². The molecular weight excluding hydrogens is 464 g/mol. The van der Waals surface area contributed by atoms with Crippen molar-refractivity contribution in [2.24, 2.45) is 10.9 Å². The molecule has 1 saturated carbocycles. The molecule has 0 aliphatic heterocycles. The monoisotopic (exact) mass is 502 g/mol. The van der Waals surface area contributed by atoms with Gasteiger partial charge in [0.15, 0.2) is 5.60 Å². The summed E-state index contributed by atoms with van der Waals surface area (Å²) >= 11 is 0. The average molecular weight is 503 g/mol. The van der Waals surface area contributed by atoms with E-state index in [4.69, 9.17) is 14.2 Å². The number of methoxy groups -OCH3 is 1. The van der Waals surface area contributed by atoms with Crippen molar-refractivity contribution in [1.29, 1.82) is 0 Å². The number of aliphatic imine (C=N–C) groups is 1. The van der Waals surface area contributed by atoms with Gasteiger partial charge in [0.1, 0.15) is 11.2 Å². The lowest BCUT2D eigenvalue weighted by Crippen LogP contribution is -2.49. The summed E-state index contributed by atoms with van der Waals surface area (Å²) in [7, 11) is 1.11. The summed E-state index contributed by atoms with van der Waals surface area (Å²) in [5.41, 5.74) is -3.67. The Morgan fingerprint density at radius 2 is 1.49 bits per heavy atom. The van der Waals surface area contributed by atoms with E-state index in [1.165, 1.54) is 6.92 Å². The van der Waals surface area contributed by atoms with Crippen LogP contribution in [0, 0.1) is 5.92 Å². The highest BCUT2D eigenvalue weighted by molar-refractivity contribution is 6.01. The van der Waals surface area contributed by atoms with Crippen LogP contribution in [-0.2, 0) is 23.8 Å². The molecule has 0 radical (unpaired) electrons. The van der Waals surface area contributed by atoms with Gasteiger partial charge in [0.2, 0.25) is 11.9 Å². The van der Waals surface area contributed by atoms with E-state index in [1.54, 1.807) is 41.5 Å². The number of carbonyl (C=O) groups excluding carboxylic acids is 4. The second-order valence-electron chi connectivity index (χ2n) is 10.4. The molecule has 5 N–H and O–H groups in total. The van der Waals surface area contributed by atoms with E-state index in [0.717, 1.165) is 7.11 Å². The Morgan fingerprint density at radius 3 is 1.86 bits per heavy atom. The fourth-order valence-electron chi connectivity index (χ4n) is 3.63. The number of guanidine groups is 1. The van der Waals surface area contributed by atoms with Crippen molar-refractivity contribution < 1.29 is 43.6 Å². The number of nitrogens with zero attached hydrogens (tertiary/aromatic N) is 1. The summed E-state index contributed by atoms with van der Waals surface area (Å²) in [6.07, 6.45) is -2.32. The molecule has 1 aliphatic rings. The maximum atomic E-state index is 12.4. The minimum atomic E-state index is -1.97. The van der Waals surface area contributed by atoms with Gasteiger partial charge >= 0.3 is 18.2 Å². The van der Waals surface area contributed by atoms with Gasteiger partial charge in [-0.05, 0) is 48.0 Å². The molecule has 35 heavy (non-hydrogen) atoms. The lowest BCUT2D eigenvalue weighted by molar-refractivity contribution is -0.162. The third-order valence-electron chi connectivity index (χ3n) is 4.82. The van der Waals surface area contributed by atoms with Crippen molar-refractivity contribution in [2.45, 2.75) is 90.2 Å². The zero-order valence-electron chi connectivity index (χ0n) is 21.6. The number of ether oxygens (including phenoxy) is 3. The summed E-state index contributed by atoms with van der Waals surface area (Å²) in [5, 5.41) is 28.0. The number of aliphatic hydroxyl groups is 2. The Balaban J connectivity index is 3.39. The van der Waals surface area contributed by atoms with E-state index in [2.05, 4.69) is 20.9 Å². The van der Waals surface area contributed by atoms with Crippen molar-refractivity contribution >= 4 is 30.0 Å². The van der Waals surface area contributed by atoms with Gasteiger partial charge in [-0.1, -0.05) is 0 Å². The third kappa shape index (κ3) is 10.1. The van der Waals surface area contributed by atoms with E-state index in [9.17, 15) is 29.4 Å². The molecule has 0 saturated heterocycles. The first-order chi connectivity index (χ1) is 15.9. The first kappa shape index (κ1) is 30.1. The molecule has 1 fully saturated rings. The van der Waals surface area contributed by atoms with Crippen LogP contribution >= 0.6 is 0 Å². The molecule has 3 amide bonds. The third-order valence-corrected chi connectivity index (χ3v) is 4.82. The molecule has 13 heteroatoms.